The van der Waals surface area contributed by atoms with Crippen molar-refractivity contribution in [3.05, 3.63) is 60.8 Å². The third-order valence-corrected chi connectivity index (χ3v) is 5.46. The molecule has 3 aromatic rings. The van der Waals surface area contributed by atoms with Gasteiger partial charge in [0.1, 0.15) is 13.1 Å². The third-order valence-electron chi connectivity index (χ3n) is 5.46. The molecule has 1 aliphatic heterocycles. The normalized spacial score (nSPS) is 15.9. The summed E-state index contributed by atoms with van der Waals surface area (Å²) in [6, 6.07) is 17.2. The zero-order valence-electron chi connectivity index (χ0n) is 16.8. The maximum atomic E-state index is 12.5. The fourth-order valence-electron chi connectivity index (χ4n) is 3.56. The van der Waals surface area contributed by atoms with E-state index in [4.69, 9.17) is 4.84 Å². The van der Waals surface area contributed by atoms with Crippen LogP contribution in [0.2, 0.25) is 0 Å². The van der Waals surface area contributed by atoms with Crippen molar-refractivity contribution >= 4 is 34.0 Å². The molecule has 4 rings (SSSR count). The van der Waals surface area contributed by atoms with Crippen LogP contribution < -0.4 is 15.5 Å². The standard InChI is InChI=1S/C22H25N5O2/c1-27(29-2)13-11-26(12-14-27)20-7-3-6-18(16-20)24-22(28)25-19-8-9-21-17(15-19)5-4-10-23-21/h3-10,15-16H,11-14H2,1-2H3,(H-,24,25,28)/p+1. The number of urea groups is 1. The maximum Gasteiger partial charge on any atom is 0.323 e. The SMILES string of the molecule is CO[N+]1(C)CCN(c2cccc(NC(=O)Nc3ccc4ncccc4c3)c2)CC1. The molecule has 2 aromatic carbocycles. The van der Waals surface area contributed by atoms with Crippen molar-refractivity contribution in [3.63, 3.8) is 0 Å². The summed E-state index contributed by atoms with van der Waals surface area (Å²) in [5, 5.41) is 6.80. The van der Waals surface area contributed by atoms with E-state index >= 15 is 0 Å². The second-order valence-electron chi connectivity index (χ2n) is 7.45. The van der Waals surface area contributed by atoms with Gasteiger partial charge >= 0.3 is 6.03 Å². The molecule has 29 heavy (non-hydrogen) atoms. The molecule has 2 heterocycles. The Hall–Kier alpha value is -3.16. The third kappa shape index (κ3) is 4.47. The number of carbonyl (C=O) groups excluding carboxylic acids is 1. The van der Waals surface area contributed by atoms with Crippen molar-refractivity contribution in [1.29, 1.82) is 0 Å². The number of nitrogens with zero attached hydrogens (tertiary/aromatic N) is 3. The van der Waals surface area contributed by atoms with E-state index in [2.05, 4.69) is 33.6 Å². The lowest BCUT2D eigenvalue weighted by Crippen LogP contribution is -2.56. The summed E-state index contributed by atoms with van der Waals surface area (Å²) in [4.78, 5) is 24.6. The van der Waals surface area contributed by atoms with Gasteiger partial charge in [0.25, 0.3) is 0 Å². The van der Waals surface area contributed by atoms with Crippen molar-refractivity contribution in [3.8, 4) is 0 Å². The van der Waals surface area contributed by atoms with Crippen molar-refractivity contribution in [2.24, 2.45) is 0 Å². The molecule has 2 N–H and O–H groups in total. The number of quaternary nitrogens is 1. The summed E-state index contributed by atoms with van der Waals surface area (Å²) in [6.07, 6.45) is 1.76. The fraction of sp³-hybridized carbons (Fsp3) is 0.273. The molecule has 0 atom stereocenters. The number of aromatic nitrogens is 1. The maximum absolute atomic E-state index is 12.5. The lowest BCUT2D eigenvalue weighted by molar-refractivity contribution is -1.09. The molecule has 0 saturated carbocycles. The highest BCUT2D eigenvalue weighted by Gasteiger charge is 2.29. The number of hydrogen-bond donors (Lipinski definition) is 2. The zero-order valence-corrected chi connectivity index (χ0v) is 16.8. The van der Waals surface area contributed by atoms with E-state index < -0.39 is 0 Å². The first-order chi connectivity index (χ1) is 14.0. The molecular weight excluding hydrogens is 366 g/mol. The van der Waals surface area contributed by atoms with Crippen molar-refractivity contribution in [2.75, 3.05) is 55.9 Å². The fourth-order valence-corrected chi connectivity index (χ4v) is 3.56. The number of rotatable bonds is 4. The molecule has 7 heteroatoms. The highest BCUT2D eigenvalue weighted by molar-refractivity contribution is 6.01. The number of anilines is 3. The van der Waals surface area contributed by atoms with Gasteiger partial charge < -0.3 is 15.5 Å². The van der Waals surface area contributed by atoms with Gasteiger partial charge in [-0.05, 0) is 42.5 Å². The van der Waals surface area contributed by atoms with Gasteiger partial charge in [0.15, 0.2) is 0 Å². The number of benzene rings is 2. The summed E-state index contributed by atoms with van der Waals surface area (Å²) < 4.78 is 0.623. The Labute approximate surface area is 170 Å². The molecule has 1 aromatic heterocycles. The number of piperazine rings is 1. The van der Waals surface area contributed by atoms with Crippen LogP contribution in [0.25, 0.3) is 10.9 Å². The van der Waals surface area contributed by atoms with Crippen molar-refractivity contribution in [1.82, 2.24) is 4.98 Å². The molecule has 0 spiro atoms. The second kappa shape index (κ2) is 8.06. The number of carbonyl (C=O) groups is 1. The summed E-state index contributed by atoms with van der Waals surface area (Å²) in [5.74, 6) is 0. The molecule has 2 amide bonds. The first kappa shape index (κ1) is 19.2. The summed E-state index contributed by atoms with van der Waals surface area (Å²) in [6.45, 7) is 3.66. The predicted octanol–water partition coefficient (Wildman–Crippen LogP) is 3.71. The van der Waals surface area contributed by atoms with Gasteiger partial charge in [-0.1, -0.05) is 12.1 Å². The van der Waals surface area contributed by atoms with E-state index in [9.17, 15) is 4.79 Å². The lowest BCUT2D eigenvalue weighted by Gasteiger charge is -2.39. The lowest BCUT2D eigenvalue weighted by atomic mass is 10.2. The molecule has 1 aliphatic rings. The van der Waals surface area contributed by atoms with Crippen LogP contribution in [-0.4, -0.2) is 56.0 Å². The number of hydroxylamine groups is 3. The first-order valence-corrected chi connectivity index (χ1v) is 9.73. The van der Waals surface area contributed by atoms with E-state index in [1.807, 2.05) is 48.5 Å². The minimum absolute atomic E-state index is 0.271. The average Bonchev–Trinajstić information content (AvgIpc) is 2.74. The van der Waals surface area contributed by atoms with Crippen LogP contribution in [-0.2, 0) is 4.84 Å². The molecule has 0 unspecified atom stereocenters. The van der Waals surface area contributed by atoms with Gasteiger partial charge in [-0.2, -0.15) is 4.65 Å². The van der Waals surface area contributed by atoms with E-state index in [-0.39, 0.29) is 6.03 Å². The van der Waals surface area contributed by atoms with E-state index in [1.165, 1.54) is 0 Å². The van der Waals surface area contributed by atoms with Gasteiger partial charge in [0.2, 0.25) is 0 Å². The molecule has 0 aliphatic carbocycles. The minimum Gasteiger partial charge on any atom is -0.360 e. The highest BCUT2D eigenvalue weighted by Crippen LogP contribution is 2.23. The van der Waals surface area contributed by atoms with Crippen LogP contribution in [0.4, 0.5) is 21.9 Å². The topological polar surface area (TPSA) is 66.5 Å². The monoisotopic (exact) mass is 392 g/mol. The van der Waals surface area contributed by atoms with E-state index in [1.54, 1.807) is 13.3 Å². The van der Waals surface area contributed by atoms with Gasteiger partial charge in [-0.3, -0.25) is 4.98 Å². The molecule has 0 bridgehead atoms. The Bertz CT molecular complexity index is 1010. The summed E-state index contributed by atoms with van der Waals surface area (Å²) in [5.41, 5.74) is 3.49. The minimum atomic E-state index is -0.271. The van der Waals surface area contributed by atoms with Crippen molar-refractivity contribution in [2.45, 2.75) is 0 Å². The quantitative estimate of drug-likeness (QED) is 0.665. The van der Waals surface area contributed by atoms with Gasteiger partial charge in [-0.25, -0.2) is 9.63 Å². The molecule has 7 nitrogen and oxygen atoms in total. The summed E-state index contributed by atoms with van der Waals surface area (Å²) >= 11 is 0. The molecule has 150 valence electrons. The smallest absolute Gasteiger partial charge is 0.323 e. The number of nitrogens with one attached hydrogen (secondary N) is 2. The van der Waals surface area contributed by atoms with Crippen LogP contribution in [0.15, 0.2) is 60.8 Å². The van der Waals surface area contributed by atoms with Gasteiger partial charge in [0.05, 0.1) is 32.8 Å². The van der Waals surface area contributed by atoms with Crippen LogP contribution in [0, 0.1) is 0 Å². The molecule has 0 radical (unpaired) electrons. The first-order valence-electron chi connectivity index (χ1n) is 9.73. The number of likely N-dealkylation sites (N-methyl/N-ethyl adjacent to an activating group) is 1. The Morgan fingerprint density at radius 1 is 1.03 bits per heavy atom. The largest absolute Gasteiger partial charge is 0.360 e. The second-order valence-corrected chi connectivity index (χ2v) is 7.45. The Morgan fingerprint density at radius 2 is 1.79 bits per heavy atom. The van der Waals surface area contributed by atoms with E-state index in [0.29, 0.717) is 4.65 Å². The molecule has 1 saturated heterocycles. The molecular formula is C22H26N5O2+. The van der Waals surface area contributed by atoms with Crippen LogP contribution in [0.1, 0.15) is 0 Å². The van der Waals surface area contributed by atoms with E-state index in [0.717, 1.165) is 54.1 Å². The predicted molar refractivity (Wildman–Crippen MR) is 116 cm³/mol. The number of pyridine rings is 1. The Morgan fingerprint density at radius 3 is 2.55 bits per heavy atom. The van der Waals surface area contributed by atoms with Crippen LogP contribution in [0.5, 0.6) is 0 Å². The zero-order chi connectivity index (χ0) is 20.3. The van der Waals surface area contributed by atoms with Crippen molar-refractivity contribution < 1.29 is 14.3 Å². The van der Waals surface area contributed by atoms with Crippen LogP contribution in [0.3, 0.4) is 0 Å². The Kier molecular flexibility index (Phi) is 5.33. The number of hydrogen-bond acceptors (Lipinski definition) is 4. The average molecular weight is 392 g/mol. The van der Waals surface area contributed by atoms with Crippen LogP contribution >= 0.6 is 0 Å². The molecule has 1 fully saturated rings. The Balaban J connectivity index is 1.40. The number of amides is 2. The van der Waals surface area contributed by atoms with Gasteiger partial charge in [0, 0.05) is 28.6 Å². The number of fused-ring (bicyclic) bond motifs is 1. The van der Waals surface area contributed by atoms with Gasteiger partial charge in [-0.15, -0.1) is 0 Å². The highest BCUT2D eigenvalue weighted by atomic mass is 16.7. The summed E-state index contributed by atoms with van der Waals surface area (Å²) in [7, 11) is 3.85.